The van der Waals surface area contributed by atoms with Crippen LogP contribution in [0.5, 0.6) is 5.88 Å². The predicted molar refractivity (Wildman–Crippen MR) is 116 cm³/mol. The van der Waals surface area contributed by atoms with Crippen LogP contribution in [0.2, 0.25) is 0 Å². The summed E-state index contributed by atoms with van der Waals surface area (Å²) in [6, 6.07) is 2.92. The van der Waals surface area contributed by atoms with Gasteiger partial charge in [0.05, 0.1) is 6.61 Å². The zero-order valence-corrected chi connectivity index (χ0v) is 17.9. The van der Waals surface area contributed by atoms with Crippen molar-refractivity contribution in [3.63, 3.8) is 0 Å². The highest BCUT2D eigenvalue weighted by Gasteiger charge is 2.22. The number of aromatic nitrogens is 4. The zero-order valence-electron chi connectivity index (χ0n) is 17.9. The third kappa shape index (κ3) is 4.43. The van der Waals surface area contributed by atoms with Crippen molar-refractivity contribution >= 4 is 28.4 Å². The van der Waals surface area contributed by atoms with Crippen LogP contribution in [0, 0.1) is 5.82 Å². The molecule has 9 nitrogen and oxygen atoms in total. The molecule has 3 aromatic rings. The van der Waals surface area contributed by atoms with Gasteiger partial charge in [0.1, 0.15) is 11.1 Å². The summed E-state index contributed by atoms with van der Waals surface area (Å²) in [6.07, 6.45) is 3.16. The molecule has 1 amide bonds. The van der Waals surface area contributed by atoms with Crippen LogP contribution in [0.15, 0.2) is 24.5 Å². The third-order valence-corrected chi connectivity index (χ3v) is 5.30. The lowest BCUT2D eigenvalue weighted by atomic mass is 10.2. The number of likely N-dealkylation sites (N-methyl/N-ethyl adjacent to an activating group) is 1. The highest BCUT2D eigenvalue weighted by atomic mass is 19.1. The van der Waals surface area contributed by atoms with E-state index in [-0.39, 0.29) is 17.0 Å². The zero-order chi connectivity index (χ0) is 22.0. The molecule has 0 radical (unpaired) electrons. The number of ether oxygens (including phenoxy) is 1. The topological polar surface area (TPSA) is 88.4 Å². The molecule has 1 N–H and O–H groups in total. The van der Waals surface area contributed by atoms with Crippen molar-refractivity contribution in [3.8, 4) is 5.88 Å². The molecule has 31 heavy (non-hydrogen) atoms. The Bertz CT molecular complexity index is 1090. The van der Waals surface area contributed by atoms with E-state index in [0.717, 1.165) is 32.7 Å². The van der Waals surface area contributed by atoms with Crippen molar-refractivity contribution in [2.75, 3.05) is 49.5 Å². The molecule has 1 fully saturated rings. The maximum absolute atomic E-state index is 14.3. The van der Waals surface area contributed by atoms with E-state index >= 15 is 0 Å². The number of rotatable bonds is 6. The van der Waals surface area contributed by atoms with Crippen molar-refractivity contribution in [2.45, 2.75) is 13.8 Å². The fourth-order valence-electron chi connectivity index (χ4n) is 3.66. The maximum Gasteiger partial charge on any atom is 0.262 e. The summed E-state index contributed by atoms with van der Waals surface area (Å²) in [5.41, 5.74) is 0.779. The maximum atomic E-state index is 14.3. The van der Waals surface area contributed by atoms with Gasteiger partial charge in [0.2, 0.25) is 11.8 Å². The molecule has 10 heteroatoms. The first-order valence-corrected chi connectivity index (χ1v) is 10.4. The van der Waals surface area contributed by atoms with E-state index in [0.29, 0.717) is 23.6 Å². The molecule has 2 aromatic heterocycles. The van der Waals surface area contributed by atoms with Crippen molar-refractivity contribution in [1.29, 1.82) is 0 Å². The Labute approximate surface area is 179 Å². The molecule has 0 unspecified atom stereocenters. The molecule has 1 aromatic carbocycles. The van der Waals surface area contributed by atoms with E-state index in [1.807, 2.05) is 6.92 Å². The fourth-order valence-corrected chi connectivity index (χ4v) is 3.66. The molecule has 3 heterocycles. The number of aryl methyl sites for hydroxylation is 1. The van der Waals surface area contributed by atoms with Crippen LogP contribution in [0.3, 0.4) is 0 Å². The SMILES string of the molecule is CCOc1nc(N2CCN(CC)CC2)ncc1C(=O)Nc1cc(F)c2nn(C)cc2c1. The molecule has 164 valence electrons. The van der Waals surface area contributed by atoms with Gasteiger partial charge < -0.3 is 19.9 Å². The Morgan fingerprint density at radius 3 is 2.71 bits per heavy atom. The van der Waals surface area contributed by atoms with E-state index in [2.05, 4.69) is 37.1 Å². The summed E-state index contributed by atoms with van der Waals surface area (Å²) in [6.45, 7) is 8.85. The lowest BCUT2D eigenvalue weighted by Gasteiger charge is -2.34. The number of carbonyl (C=O) groups excluding carboxylic acids is 1. The van der Waals surface area contributed by atoms with Gasteiger partial charge in [0.25, 0.3) is 5.91 Å². The first kappa shape index (κ1) is 21.0. The number of fused-ring (bicyclic) bond motifs is 1. The van der Waals surface area contributed by atoms with Gasteiger partial charge in [-0.15, -0.1) is 0 Å². The van der Waals surface area contributed by atoms with Gasteiger partial charge in [0.15, 0.2) is 5.82 Å². The Kier molecular flexibility index (Phi) is 5.99. The summed E-state index contributed by atoms with van der Waals surface area (Å²) >= 11 is 0. The highest BCUT2D eigenvalue weighted by molar-refractivity contribution is 6.06. The molecular weight excluding hydrogens is 401 g/mol. The molecule has 4 rings (SSSR count). The second-order valence-corrected chi connectivity index (χ2v) is 7.40. The lowest BCUT2D eigenvalue weighted by molar-refractivity contribution is 0.102. The summed E-state index contributed by atoms with van der Waals surface area (Å²) < 4.78 is 21.5. The molecule has 1 saturated heterocycles. The number of carbonyl (C=O) groups is 1. The van der Waals surface area contributed by atoms with Crippen molar-refractivity contribution in [1.82, 2.24) is 24.6 Å². The van der Waals surface area contributed by atoms with E-state index < -0.39 is 11.7 Å². The number of anilines is 2. The van der Waals surface area contributed by atoms with Crippen molar-refractivity contribution in [3.05, 3.63) is 35.9 Å². The van der Waals surface area contributed by atoms with Crippen LogP contribution in [-0.4, -0.2) is 69.9 Å². The third-order valence-electron chi connectivity index (χ3n) is 5.30. The minimum absolute atomic E-state index is 0.199. The number of nitrogens with zero attached hydrogens (tertiary/aromatic N) is 6. The van der Waals surface area contributed by atoms with Crippen LogP contribution < -0.4 is 15.0 Å². The van der Waals surface area contributed by atoms with Gasteiger partial charge in [0, 0.05) is 56.7 Å². The number of hydrogen-bond acceptors (Lipinski definition) is 7. The number of amides is 1. The molecule has 0 aliphatic carbocycles. The summed E-state index contributed by atoms with van der Waals surface area (Å²) in [7, 11) is 1.72. The van der Waals surface area contributed by atoms with Gasteiger partial charge in [-0.25, -0.2) is 9.37 Å². The summed E-state index contributed by atoms with van der Waals surface area (Å²) in [5.74, 6) is -0.214. The quantitative estimate of drug-likeness (QED) is 0.646. The number of benzene rings is 1. The highest BCUT2D eigenvalue weighted by Crippen LogP contribution is 2.24. The molecule has 0 bridgehead atoms. The standard InChI is InChI=1S/C21H26FN7O2/c1-4-28-6-8-29(9-7-28)21-23-12-16(20(25-21)31-5-2)19(30)24-15-10-14-13-27(3)26-18(14)17(22)11-15/h10-13H,4-9H2,1-3H3,(H,24,30). The van der Waals surface area contributed by atoms with Crippen LogP contribution in [0.1, 0.15) is 24.2 Å². The lowest BCUT2D eigenvalue weighted by Crippen LogP contribution is -2.46. The van der Waals surface area contributed by atoms with Crippen LogP contribution >= 0.6 is 0 Å². The van der Waals surface area contributed by atoms with Gasteiger partial charge >= 0.3 is 0 Å². The van der Waals surface area contributed by atoms with Gasteiger partial charge in [-0.1, -0.05) is 6.92 Å². The second-order valence-electron chi connectivity index (χ2n) is 7.40. The van der Waals surface area contributed by atoms with Crippen LogP contribution in [-0.2, 0) is 7.05 Å². The number of nitrogens with one attached hydrogen (secondary N) is 1. The minimum Gasteiger partial charge on any atom is -0.477 e. The molecule has 0 atom stereocenters. The van der Waals surface area contributed by atoms with E-state index in [1.165, 1.54) is 16.9 Å². The first-order chi connectivity index (χ1) is 15.0. The average molecular weight is 427 g/mol. The Morgan fingerprint density at radius 2 is 2.00 bits per heavy atom. The summed E-state index contributed by atoms with van der Waals surface area (Å²) in [5, 5.41) is 7.39. The molecule has 0 spiro atoms. The van der Waals surface area contributed by atoms with E-state index in [4.69, 9.17) is 4.74 Å². The second kappa shape index (κ2) is 8.84. The predicted octanol–water partition coefficient (Wildman–Crippen LogP) is 2.30. The van der Waals surface area contributed by atoms with Gasteiger partial charge in [-0.3, -0.25) is 9.48 Å². The first-order valence-electron chi connectivity index (χ1n) is 10.4. The smallest absolute Gasteiger partial charge is 0.262 e. The van der Waals surface area contributed by atoms with Crippen LogP contribution in [0.4, 0.5) is 16.0 Å². The number of halogens is 1. The van der Waals surface area contributed by atoms with Gasteiger partial charge in [-0.05, 0) is 25.6 Å². The number of piperazine rings is 1. The molecule has 1 aliphatic heterocycles. The van der Waals surface area contributed by atoms with Crippen molar-refractivity contribution in [2.24, 2.45) is 7.05 Å². The Balaban J connectivity index is 1.56. The monoisotopic (exact) mass is 427 g/mol. The average Bonchev–Trinajstić information content (AvgIpc) is 3.14. The molecule has 0 saturated carbocycles. The number of hydrogen-bond donors (Lipinski definition) is 1. The Morgan fingerprint density at radius 1 is 1.23 bits per heavy atom. The fraction of sp³-hybridized carbons (Fsp3) is 0.429. The molecular formula is C21H26FN7O2. The summed E-state index contributed by atoms with van der Waals surface area (Å²) in [4.78, 5) is 26.2. The van der Waals surface area contributed by atoms with Gasteiger partial charge in [-0.2, -0.15) is 10.1 Å². The van der Waals surface area contributed by atoms with E-state index in [1.54, 1.807) is 19.3 Å². The minimum atomic E-state index is -0.503. The normalized spacial score (nSPS) is 14.8. The largest absolute Gasteiger partial charge is 0.477 e. The molecule has 1 aliphatic rings. The van der Waals surface area contributed by atoms with E-state index in [9.17, 15) is 9.18 Å². The Hall–Kier alpha value is -3.27. The van der Waals surface area contributed by atoms with Crippen LogP contribution in [0.25, 0.3) is 10.9 Å². The van der Waals surface area contributed by atoms with Crippen molar-refractivity contribution < 1.29 is 13.9 Å².